The van der Waals surface area contributed by atoms with Crippen LogP contribution in [0.2, 0.25) is 0 Å². The molecule has 0 bridgehead atoms. The Hall–Kier alpha value is -3.38. The van der Waals surface area contributed by atoms with Gasteiger partial charge in [0.1, 0.15) is 0 Å². The molecule has 1 atom stereocenters. The fraction of sp³-hybridized carbons (Fsp3) is 0.0714. The third-order valence-corrected chi connectivity index (χ3v) is 5.64. The van der Waals surface area contributed by atoms with E-state index in [4.69, 9.17) is 0 Å². The zero-order valence-corrected chi connectivity index (χ0v) is 16.0. The van der Waals surface area contributed by atoms with Gasteiger partial charge in [-0.15, -0.1) is 0 Å². The first-order valence-electron chi connectivity index (χ1n) is 9.82. The minimum absolute atomic E-state index is 0.215. The molecule has 0 heteroatoms. The van der Waals surface area contributed by atoms with Crippen LogP contribution in [0.4, 0.5) is 0 Å². The lowest BCUT2D eigenvalue weighted by Crippen LogP contribution is -2.04. The van der Waals surface area contributed by atoms with E-state index in [0.29, 0.717) is 0 Å². The molecule has 0 aromatic heterocycles. The molecular formula is C28H22. The van der Waals surface area contributed by atoms with Crippen molar-refractivity contribution in [1.29, 1.82) is 0 Å². The van der Waals surface area contributed by atoms with E-state index in [1.54, 1.807) is 0 Å². The summed E-state index contributed by atoms with van der Waals surface area (Å²) in [5.74, 6) is 0.215. The molecule has 0 fully saturated rings. The standard InChI is InChI=1S/C28H22/c1-20-14-16-22(17-15-20)28(21-8-3-2-4-9-21)26-13-7-12-25-18-23-10-5-6-11-24(23)19-27(25)26/h2-19,28H,1H3. The quantitative estimate of drug-likeness (QED) is 0.232. The highest BCUT2D eigenvalue weighted by molar-refractivity contribution is 6.00. The van der Waals surface area contributed by atoms with Crippen LogP contribution in [0.1, 0.15) is 28.2 Å². The average Bonchev–Trinajstić information content (AvgIpc) is 2.75. The van der Waals surface area contributed by atoms with Crippen LogP contribution >= 0.6 is 0 Å². The van der Waals surface area contributed by atoms with Crippen molar-refractivity contribution >= 4 is 21.5 Å². The Balaban J connectivity index is 1.80. The molecule has 0 heterocycles. The number of fused-ring (bicyclic) bond motifs is 2. The van der Waals surface area contributed by atoms with E-state index in [0.717, 1.165) is 0 Å². The van der Waals surface area contributed by atoms with E-state index in [1.165, 1.54) is 43.8 Å². The molecule has 0 saturated carbocycles. The third kappa shape index (κ3) is 2.97. The van der Waals surface area contributed by atoms with Crippen molar-refractivity contribution in [2.45, 2.75) is 12.8 Å². The van der Waals surface area contributed by atoms with Crippen LogP contribution < -0.4 is 0 Å². The number of benzene rings is 5. The van der Waals surface area contributed by atoms with Crippen molar-refractivity contribution in [2.75, 3.05) is 0 Å². The maximum absolute atomic E-state index is 2.35. The van der Waals surface area contributed by atoms with Gasteiger partial charge in [0.05, 0.1) is 0 Å². The predicted molar refractivity (Wildman–Crippen MR) is 120 cm³/mol. The third-order valence-electron chi connectivity index (χ3n) is 5.64. The summed E-state index contributed by atoms with van der Waals surface area (Å²) in [4.78, 5) is 0. The lowest BCUT2D eigenvalue weighted by molar-refractivity contribution is 0.988. The number of hydrogen-bond acceptors (Lipinski definition) is 0. The van der Waals surface area contributed by atoms with Gasteiger partial charge < -0.3 is 0 Å². The fourth-order valence-electron chi connectivity index (χ4n) is 4.20. The Morgan fingerprint density at radius 3 is 1.86 bits per heavy atom. The normalized spacial score (nSPS) is 12.3. The van der Waals surface area contributed by atoms with Crippen LogP contribution in [0.15, 0.2) is 109 Å². The molecule has 0 aliphatic carbocycles. The monoisotopic (exact) mass is 358 g/mol. The van der Waals surface area contributed by atoms with Crippen LogP contribution in [0, 0.1) is 6.92 Å². The van der Waals surface area contributed by atoms with Gasteiger partial charge in [0.15, 0.2) is 0 Å². The smallest absolute Gasteiger partial charge is 0.0346 e. The van der Waals surface area contributed by atoms with Gasteiger partial charge >= 0.3 is 0 Å². The Labute approximate surface area is 166 Å². The molecule has 0 radical (unpaired) electrons. The SMILES string of the molecule is Cc1ccc(C(c2ccccc2)c2cccc3cc4ccccc4cc23)cc1. The van der Waals surface area contributed by atoms with Gasteiger partial charge in [-0.05, 0) is 57.3 Å². The van der Waals surface area contributed by atoms with E-state index in [-0.39, 0.29) is 5.92 Å². The molecule has 0 saturated heterocycles. The first-order chi connectivity index (χ1) is 13.8. The molecule has 0 aliphatic heterocycles. The molecule has 0 spiro atoms. The predicted octanol–water partition coefficient (Wildman–Crippen LogP) is 7.48. The van der Waals surface area contributed by atoms with Crippen molar-refractivity contribution in [2.24, 2.45) is 0 Å². The average molecular weight is 358 g/mol. The van der Waals surface area contributed by atoms with Gasteiger partial charge in [0.25, 0.3) is 0 Å². The first kappa shape index (κ1) is 16.8. The van der Waals surface area contributed by atoms with Gasteiger partial charge in [-0.3, -0.25) is 0 Å². The summed E-state index contributed by atoms with van der Waals surface area (Å²) in [5.41, 5.74) is 5.31. The van der Waals surface area contributed by atoms with Crippen molar-refractivity contribution < 1.29 is 0 Å². The van der Waals surface area contributed by atoms with Gasteiger partial charge in [-0.2, -0.15) is 0 Å². The Bertz CT molecular complexity index is 1250. The zero-order chi connectivity index (χ0) is 18.9. The second-order valence-electron chi connectivity index (χ2n) is 7.52. The molecule has 5 aromatic rings. The fourth-order valence-corrected chi connectivity index (χ4v) is 4.20. The summed E-state index contributed by atoms with van der Waals surface area (Å²) < 4.78 is 0. The van der Waals surface area contributed by atoms with Crippen LogP contribution in [0.5, 0.6) is 0 Å². The van der Waals surface area contributed by atoms with Crippen molar-refractivity contribution in [3.05, 3.63) is 131 Å². The summed E-state index contributed by atoms with van der Waals surface area (Å²) >= 11 is 0. The number of aryl methyl sites for hydroxylation is 1. The lowest BCUT2D eigenvalue weighted by atomic mass is 9.82. The first-order valence-corrected chi connectivity index (χ1v) is 9.82. The molecule has 0 aliphatic rings. The summed E-state index contributed by atoms with van der Waals surface area (Å²) in [6.07, 6.45) is 0. The molecule has 1 unspecified atom stereocenters. The summed E-state index contributed by atoms with van der Waals surface area (Å²) in [7, 11) is 0. The van der Waals surface area contributed by atoms with Crippen molar-refractivity contribution in [3.63, 3.8) is 0 Å². The summed E-state index contributed by atoms with van der Waals surface area (Å²) in [5, 5.41) is 5.21. The number of rotatable bonds is 3. The second-order valence-corrected chi connectivity index (χ2v) is 7.52. The van der Waals surface area contributed by atoms with Crippen LogP contribution in [-0.4, -0.2) is 0 Å². The van der Waals surface area contributed by atoms with Crippen LogP contribution in [-0.2, 0) is 0 Å². The van der Waals surface area contributed by atoms with Crippen LogP contribution in [0.3, 0.4) is 0 Å². The van der Waals surface area contributed by atoms with Crippen LogP contribution in [0.25, 0.3) is 21.5 Å². The molecule has 0 nitrogen and oxygen atoms in total. The highest BCUT2D eigenvalue weighted by Gasteiger charge is 2.19. The zero-order valence-electron chi connectivity index (χ0n) is 16.0. The van der Waals surface area contributed by atoms with Gasteiger partial charge in [0, 0.05) is 5.92 Å². The van der Waals surface area contributed by atoms with Gasteiger partial charge in [-0.1, -0.05) is 103 Å². The highest BCUT2D eigenvalue weighted by Crippen LogP contribution is 2.37. The maximum atomic E-state index is 2.35. The lowest BCUT2D eigenvalue weighted by Gasteiger charge is -2.21. The summed E-state index contributed by atoms with van der Waals surface area (Å²) in [6.45, 7) is 2.14. The molecular weight excluding hydrogens is 336 g/mol. The molecule has 134 valence electrons. The molecule has 0 amide bonds. The molecule has 28 heavy (non-hydrogen) atoms. The Morgan fingerprint density at radius 2 is 1.11 bits per heavy atom. The van der Waals surface area contributed by atoms with E-state index >= 15 is 0 Å². The second kappa shape index (κ2) is 6.98. The minimum Gasteiger partial charge on any atom is -0.0622 e. The maximum Gasteiger partial charge on any atom is 0.0346 e. The number of hydrogen-bond donors (Lipinski definition) is 0. The Morgan fingerprint density at radius 1 is 0.500 bits per heavy atom. The molecule has 5 rings (SSSR count). The molecule has 0 N–H and O–H groups in total. The van der Waals surface area contributed by atoms with Crippen molar-refractivity contribution in [1.82, 2.24) is 0 Å². The largest absolute Gasteiger partial charge is 0.0622 e. The van der Waals surface area contributed by atoms with E-state index < -0.39 is 0 Å². The highest BCUT2D eigenvalue weighted by atomic mass is 14.2. The summed E-state index contributed by atoms with van der Waals surface area (Å²) in [6, 6.07) is 39.8. The van der Waals surface area contributed by atoms with E-state index in [1.807, 2.05) is 0 Å². The van der Waals surface area contributed by atoms with Crippen molar-refractivity contribution in [3.8, 4) is 0 Å². The van der Waals surface area contributed by atoms with Gasteiger partial charge in [0.2, 0.25) is 0 Å². The molecule has 5 aromatic carbocycles. The van der Waals surface area contributed by atoms with E-state index in [2.05, 4.69) is 116 Å². The minimum atomic E-state index is 0.215. The topological polar surface area (TPSA) is 0 Å². The van der Waals surface area contributed by atoms with E-state index in [9.17, 15) is 0 Å². The Kier molecular flexibility index (Phi) is 4.18. The van der Waals surface area contributed by atoms with Gasteiger partial charge in [-0.25, -0.2) is 0 Å².